The fraction of sp³-hybridized carbons (Fsp3) is 0.769. The quantitative estimate of drug-likeness (QED) is 0.769. The van der Waals surface area contributed by atoms with Gasteiger partial charge in [-0.2, -0.15) is 21.2 Å². The molecule has 2 rings (SSSR count). The summed E-state index contributed by atoms with van der Waals surface area (Å²) in [4.78, 5) is 0.352. The Bertz CT molecular complexity index is 571. The third-order valence-corrected chi connectivity index (χ3v) is 6.96. The number of H-pyrrole nitrogens is 1. The van der Waals surface area contributed by atoms with Gasteiger partial charge in [-0.1, -0.05) is 6.92 Å². The highest BCUT2D eigenvalue weighted by atomic mass is 32.2. The molecule has 1 aromatic heterocycles. The van der Waals surface area contributed by atoms with Crippen molar-refractivity contribution in [1.29, 1.82) is 0 Å². The molecule has 1 aliphatic heterocycles. The maximum absolute atomic E-state index is 13.0. The van der Waals surface area contributed by atoms with Gasteiger partial charge in [0.1, 0.15) is 4.90 Å². The van der Waals surface area contributed by atoms with Gasteiger partial charge in [-0.15, -0.1) is 0 Å². The second-order valence-corrected chi connectivity index (χ2v) is 8.32. The summed E-state index contributed by atoms with van der Waals surface area (Å²) in [7, 11) is -3.48. The highest BCUT2D eigenvalue weighted by Gasteiger charge is 2.35. The zero-order chi connectivity index (χ0) is 15.5. The summed E-state index contributed by atoms with van der Waals surface area (Å²) < 4.78 is 27.5. The number of nitrogens with zero attached hydrogens (tertiary/aromatic N) is 2. The van der Waals surface area contributed by atoms with Crippen LogP contribution in [0.5, 0.6) is 0 Å². The summed E-state index contributed by atoms with van der Waals surface area (Å²) in [6.07, 6.45) is 1.01. The number of hydrogen-bond acceptors (Lipinski definition) is 5. The molecule has 0 radical (unpaired) electrons. The first-order valence-electron chi connectivity index (χ1n) is 7.32. The summed E-state index contributed by atoms with van der Waals surface area (Å²) in [5, 5.41) is 10.2. The molecule has 2 N–H and O–H groups in total. The Balaban J connectivity index is 2.28. The second-order valence-electron chi connectivity index (χ2n) is 5.34. The molecule has 8 heteroatoms. The third-order valence-electron chi connectivity index (χ3n) is 3.55. The predicted octanol–water partition coefficient (Wildman–Crippen LogP) is 1.34. The monoisotopic (exact) mass is 332 g/mol. The Hall–Kier alpha value is -0.570. The second kappa shape index (κ2) is 7.13. The van der Waals surface area contributed by atoms with E-state index in [0.717, 1.165) is 24.5 Å². The van der Waals surface area contributed by atoms with Crippen molar-refractivity contribution in [3.05, 3.63) is 11.4 Å². The third kappa shape index (κ3) is 3.61. The number of aromatic amines is 1. The van der Waals surface area contributed by atoms with E-state index in [1.165, 1.54) is 0 Å². The summed E-state index contributed by atoms with van der Waals surface area (Å²) in [6.45, 7) is 7.71. The SMILES string of the molecule is CCCNCc1n[nH]c(C)c1S(=O)(=O)N1CCSCC1C. The van der Waals surface area contributed by atoms with Crippen molar-refractivity contribution in [3.8, 4) is 0 Å². The van der Waals surface area contributed by atoms with Crippen molar-refractivity contribution < 1.29 is 8.42 Å². The predicted molar refractivity (Wildman–Crippen MR) is 86.0 cm³/mol. The number of hydrogen-bond donors (Lipinski definition) is 2. The van der Waals surface area contributed by atoms with Gasteiger partial charge in [0.25, 0.3) is 0 Å². The molecule has 21 heavy (non-hydrogen) atoms. The molecular formula is C13H24N4O2S2. The van der Waals surface area contributed by atoms with E-state index in [2.05, 4.69) is 22.4 Å². The summed E-state index contributed by atoms with van der Waals surface area (Å²) >= 11 is 1.80. The lowest BCUT2D eigenvalue weighted by Crippen LogP contribution is -2.44. The minimum absolute atomic E-state index is 0.0273. The maximum atomic E-state index is 13.0. The van der Waals surface area contributed by atoms with Gasteiger partial charge in [0.2, 0.25) is 10.0 Å². The average Bonchev–Trinajstić information content (AvgIpc) is 2.81. The first kappa shape index (κ1) is 16.8. The Morgan fingerprint density at radius 1 is 1.52 bits per heavy atom. The van der Waals surface area contributed by atoms with Gasteiger partial charge in [0.05, 0.1) is 11.4 Å². The minimum Gasteiger partial charge on any atom is -0.311 e. The van der Waals surface area contributed by atoms with Crippen LogP contribution in [0.4, 0.5) is 0 Å². The Morgan fingerprint density at radius 3 is 2.95 bits per heavy atom. The number of aromatic nitrogens is 2. The van der Waals surface area contributed by atoms with Gasteiger partial charge in [-0.3, -0.25) is 5.10 Å². The number of aryl methyl sites for hydroxylation is 1. The zero-order valence-corrected chi connectivity index (χ0v) is 14.5. The molecule has 0 bridgehead atoms. The smallest absolute Gasteiger partial charge is 0.247 e. The topological polar surface area (TPSA) is 78.1 Å². The first-order valence-corrected chi connectivity index (χ1v) is 9.92. The lowest BCUT2D eigenvalue weighted by molar-refractivity contribution is 0.367. The normalized spacial score (nSPS) is 20.8. The van der Waals surface area contributed by atoms with Crippen molar-refractivity contribution in [2.45, 2.75) is 44.7 Å². The Morgan fingerprint density at radius 2 is 2.29 bits per heavy atom. The van der Waals surface area contributed by atoms with Crippen molar-refractivity contribution in [1.82, 2.24) is 19.8 Å². The van der Waals surface area contributed by atoms with Crippen LogP contribution in [0.3, 0.4) is 0 Å². The van der Waals surface area contributed by atoms with Crippen LogP contribution >= 0.6 is 11.8 Å². The van der Waals surface area contributed by atoms with Crippen molar-refractivity contribution >= 4 is 21.8 Å². The molecule has 0 spiro atoms. The molecule has 2 heterocycles. The van der Waals surface area contributed by atoms with Gasteiger partial charge in [0, 0.05) is 30.6 Å². The number of nitrogens with one attached hydrogen (secondary N) is 2. The molecule has 1 fully saturated rings. The van der Waals surface area contributed by atoms with Gasteiger partial charge in [-0.05, 0) is 26.8 Å². The zero-order valence-electron chi connectivity index (χ0n) is 12.8. The molecule has 1 aliphatic rings. The van der Waals surface area contributed by atoms with Crippen LogP contribution in [0.1, 0.15) is 31.7 Å². The van der Waals surface area contributed by atoms with Crippen LogP contribution in [0.2, 0.25) is 0 Å². The molecule has 0 amide bonds. The largest absolute Gasteiger partial charge is 0.311 e. The molecule has 1 unspecified atom stereocenters. The standard InChI is InChI=1S/C13H24N4O2S2/c1-4-5-14-8-12-13(11(3)15-16-12)21(18,19)17-6-7-20-9-10(17)2/h10,14H,4-9H2,1-3H3,(H,15,16). The van der Waals surface area contributed by atoms with Gasteiger partial charge in [-0.25, -0.2) is 8.42 Å². The number of thioether (sulfide) groups is 1. The lowest BCUT2D eigenvalue weighted by Gasteiger charge is -2.32. The van der Waals surface area contributed by atoms with Crippen LogP contribution in [0.15, 0.2) is 4.90 Å². The average molecular weight is 332 g/mol. The molecule has 120 valence electrons. The van der Waals surface area contributed by atoms with Crippen molar-refractivity contribution in [3.63, 3.8) is 0 Å². The van der Waals surface area contributed by atoms with E-state index in [1.807, 2.05) is 6.92 Å². The molecule has 6 nitrogen and oxygen atoms in total. The fourth-order valence-corrected chi connectivity index (χ4v) is 5.69. The van der Waals surface area contributed by atoms with Crippen molar-refractivity contribution in [2.75, 3.05) is 24.6 Å². The molecule has 0 saturated carbocycles. The van der Waals surface area contributed by atoms with E-state index in [0.29, 0.717) is 29.4 Å². The summed E-state index contributed by atoms with van der Waals surface area (Å²) in [5.74, 6) is 1.70. The lowest BCUT2D eigenvalue weighted by atomic mass is 10.3. The number of rotatable bonds is 6. The molecule has 0 aliphatic carbocycles. The highest BCUT2D eigenvalue weighted by molar-refractivity contribution is 7.99. The van der Waals surface area contributed by atoms with Crippen LogP contribution in [0, 0.1) is 6.92 Å². The van der Waals surface area contributed by atoms with Gasteiger partial charge in [0.15, 0.2) is 0 Å². The minimum atomic E-state index is -3.48. The van der Waals surface area contributed by atoms with E-state index < -0.39 is 10.0 Å². The Kier molecular flexibility index (Phi) is 5.70. The van der Waals surface area contributed by atoms with Gasteiger partial charge >= 0.3 is 0 Å². The maximum Gasteiger partial charge on any atom is 0.247 e. The first-order chi connectivity index (χ1) is 9.98. The van der Waals surface area contributed by atoms with Gasteiger partial charge < -0.3 is 5.32 Å². The van der Waals surface area contributed by atoms with Crippen LogP contribution in [0.25, 0.3) is 0 Å². The van der Waals surface area contributed by atoms with Crippen LogP contribution < -0.4 is 5.32 Å². The van der Waals surface area contributed by atoms with E-state index in [-0.39, 0.29) is 6.04 Å². The van der Waals surface area contributed by atoms with E-state index in [1.54, 1.807) is 23.0 Å². The van der Waals surface area contributed by atoms with Crippen LogP contribution in [-0.4, -0.2) is 53.6 Å². The van der Waals surface area contributed by atoms with E-state index >= 15 is 0 Å². The molecule has 1 saturated heterocycles. The van der Waals surface area contributed by atoms with E-state index in [9.17, 15) is 8.42 Å². The van der Waals surface area contributed by atoms with Crippen LogP contribution in [-0.2, 0) is 16.6 Å². The Labute approximate surface area is 131 Å². The molecular weight excluding hydrogens is 308 g/mol. The van der Waals surface area contributed by atoms with Crippen molar-refractivity contribution in [2.24, 2.45) is 0 Å². The summed E-state index contributed by atoms with van der Waals surface area (Å²) in [5.41, 5.74) is 1.21. The highest BCUT2D eigenvalue weighted by Crippen LogP contribution is 2.27. The fourth-order valence-electron chi connectivity index (χ4n) is 2.50. The molecule has 1 atom stereocenters. The summed E-state index contributed by atoms with van der Waals surface area (Å²) in [6, 6.07) is 0.0273. The molecule has 1 aromatic rings. The number of sulfonamides is 1. The molecule has 0 aromatic carbocycles. The van der Waals surface area contributed by atoms with E-state index in [4.69, 9.17) is 0 Å².